The summed E-state index contributed by atoms with van der Waals surface area (Å²) in [6.07, 6.45) is 1.83. The minimum Gasteiger partial charge on any atom is -0.465 e. The Morgan fingerprint density at radius 1 is 1.55 bits per heavy atom. The van der Waals surface area contributed by atoms with E-state index in [-0.39, 0.29) is 17.5 Å². The van der Waals surface area contributed by atoms with Crippen LogP contribution in [-0.2, 0) is 19.9 Å². The lowest BCUT2D eigenvalue weighted by Gasteiger charge is -2.29. The number of aryl methyl sites for hydroxylation is 1. The third-order valence-electron chi connectivity index (χ3n) is 4.01. The van der Waals surface area contributed by atoms with E-state index in [0.29, 0.717) is 13.2 Å². The van der Waals surface area contributed by atoms with Crippen molar-refractivity contribution in [2.45, 2.75) is 39.2 Å². The van der Waals surface area contributed by atoms with E-state index in [9.17, 15) is 4.79 Å². The number of hydrogen-bond donors (Lipinski definition) is 0. The van der Waals surface area contributed by atoms with Gasteiger partial charge in [-0.25, -0.2) is 0 Å². The number of ether oxygens (including phenoxy) is 2. The molecule has 1 aromatic carbocycles. The van der Waals surface area contributed by atoms with Gasteiger partial charge in [-0.2, -0.15) is 0 Å². The molecule has 3 atom stereocenters. The molecule has 1 fully saturated rings. The van der Waals surface area contributed by atoms with Gasteiger partial charge in [-0.1, -0.05) is 30.7 Å². The maximum absolute atomic E-state index is 10.9. The van der Waals surface area contributed by atoms with Gasteiger partial charge in [0.25, 0.3) is 0 Å². The molecule has 0 spiro atoms. The van der Waals surface area contributed by atoms with Crippen molar-refractivity contribution in [1.29, 1.82) is 0 Å². The number of rotatable bonds is 4. The lowest BCUT2D eigenvalue weighted by molar-refractivity contribution is -0.142. The highest BCUT2D eigenvalue weighted by molar-refractivity contribution is 7.27. The van der Waals surface area contributed by atoms with Crippen LogP contribution in [0, 0.1) is 12.8 Å². The quantitative estimate of drug-likeness (QED) is 0.632. The lowest BCUT2D eigenvalue weighted by atomic mass is 9.85. The van der Waals surface area contributed by atoms with Crippen LogP contribution in [0.5, 0.6) is 0 Å². The Hall–Kier alpha value is -0.920. The maximum Gasteiger partial charge on any atom is 0.302 e. The predicted octanol–water partition coefficient (Wildman–Crippen LogP) is 2.70. The van der Waals surface area contributed by atoms with Crippen molar-refractivity contribution >= 4 is 20.5 Å². The summed E-state index contributed by atoms with van der Waals surface area (Å²) in [5, 5.41) is 1.19. The van der Waals surface area contributed by atoms with Crippen LogP contribution in [0.3, 0.4) is 0 Å². The molecule has 1 aromatic rings. The van der Waals surface area contributed by atoms with E-state index >= 15 is 0 Å². The summed E-state index contributed by atoms with van der Waals surface area (Å²) in [5.74, 6) is 0.0608. The van der Waals surface area contributed by atoms with E-state index in [0.717, 1.165) is 12.8 Å². The van der Waals surface area contributed by atoms with Gasteiger partial charge < -0.3 is 9.47 Å². The fourth-order valence-corrected chi connectivity index (χ4v) is 3.55. The zero-order valence-electron chi connectivity index (χ0n) is 12.4. The summed E-state index contributed by atoms with van der Waals surface area (Å²) in [4.78, 5) is 10.9. The van der Waals surface area contributed by atoms with Gasteiger partial charge in [0.15, 0.2) is 0 Å². The first-order valence-corrected chi connectivity index (χ1v) is 7.68. The normalized spacial score (nSPS) is 25.7. The zero-order chi connectivity index (χ0) is 14.8. The van der Waals surface area contributed by atoms with E-state index in [4.69, 9.17) is 9.47 Å². The number of carbonyl (C=O) groups excluding carboxylic acids is 1. The van der Waals surface area contributed by atoms with E-state index in [1.807, 2.05) is 0 Å². The van der Waals surface area contributed by atoms with Gasteiger partial charge in [-0.15, -0.1) is 9.24 Å². The fourth-order valence-electron chi connectivity index (χ4n) is 2.93. The Bertz CT molecular complexity index is 500. The number of benzene rings is 1. The standard InChI is InChI=1S/C16H23O3P/c1-4-16(14-6-5-11(2)7-15(14)20)8-13(10-19-16)9-18-12(3)17/h5-7,13H,4,8-10,20H2,1-3H3/t13-,16-/m0/s1. The van der Waals surface area contributed by atoms with Crippen LogP contribution >= 0.6 is 9.24 Å². The van der Waals surface area contributed by atoms with Crippen molar-refractivity contribution in [3.8, 4) is 0 Å². The first kappa shape index (κ1) is 15.5. The molecule has 0 aromatic heterocycles. The minimum atomic E-state index is -0.240. The zero-order valence-corrected chi connectivity index (χ0v) is 13.6. The second-order valence-corrected chi connectivity index (χ2v) is 6.24. The number of carbonyl (C=O) groups is 1. The summed E-state index contributed by atoms with van der Waals surface area (Å²) in [6.45, 7) is 6.80. The van der Waals surface area contributed by atoms with Crippen molar-refractivity contribution in [3.63, 3.8) is 0 Å². The van der Waals surface area contributed by atoms with Gasteiger partial charge in [0.2, 0.25) is 0 Å². The molecule has 0 amide bonds. The molecule has 0 bridgehead atoms. The molecule has 110 valence electrons. The Kier molecular flexibility index (Phi) is 4.82. The molecular formula is C16H23O3P. The highest BCUT2D eigenvalue weighted by Gasteiger charge is 2.41. The van der Waals surface area contributed by atoms with Crippen molar-refractivity contribution in [2.24, 2.45) is 5.92 Å². The highest BCUT2D eigenvalue weighted by Crippen LogP contribution is 2.41. The van der Waals surface area contributed by atoms with E-state index in [1.165, 1.54) is 23.4 Å². The van der Waals surface area contributed by atoms with Gasteiger partial charge in [-0.05, 0) is 30.6 Å². The fraction of sp³-hybridized carbons (Fsp3) is 0.562. The first-order valence-electron chi connectivity index (χ1n) is 7.11. The summed E-state index contributed by atoms with van der Waals surface area (Å²) in [6, 6.07) is 6.46. The molecule has 0 aliphatic carbocycles. The molecule has 1 aliphatic rings. The van der Waals surface area contributed by atoms with Crippen molar-refractivity contribution in [3.05, 3.63) is 29.3 Å². The number of hydrogen-bond acceptors (Lipinski definition) is 3. The van der Waals surface area contributed by atoms with Crippen LogP contribution < -0.4 is 5.30 Å². The molecule has 0 radical (unpaired) electrons. The Morgan fingerprint density at radius 2 is 2.30 bits per heavy atom. The van der Waals surface area contributed by atoms with Crippen LogP contribution in [-0.4, -0.2) is 19.2 Å². The molecule has 1 heterocycles. The van der Waals surface area contributed by atoms with Crippen molar-refractivity contribution < 1.29 is 14.3 Å². The second kappa shape index (κ2) is 6.24. The second-order valence-electron chi connectivity index (χ2n) is 5.62. The molecule has 20 heavy (non-hydrogen) atoms. The van der Waals surface area contributed by atoms with E-state index in [2.05, 4.69) is 41.3 Å². The van der Waals surface area contributed by atoms with Gasteiger partial charge in [-0.3, -0.25) is 4.79 Å². The minimum absolute atomic E-state index is 0.221. The van der Waals surface area contributed by atoms with Crippen LogP contribution in [0.4, 0.5) is 0 Å². The third-order valence-corrected chi connectivity index (χ3v) is 4.48. The summed E-state index contributed by atoms with van der Waals surface area (Å²) in [7, 11) is 2.81. The Labute approximate surface area is 123 Å². The van der Waals surface area contributed by atoms with E-state index < -0.39 is 0 Å². The topological polar surface area (TPSA) is 35.5 Å². The molecule has 0 saturated carbocycles. The largest absolute Gasteiger partial charge is 0.465 e. The molecule has 3 nitrogen and oxygen atoms in total. The van der Waals surface area contributed by atoms with Crippen molar-refractivity contribution in [2.75, 3.05) is 13.2 Å². The van der Waals surface area contributed by atoms with E-state index in [1.54, 1.807) is 0 Å². The predicted molar refractivity (Wildman–Crippen MR) is 83.2 cm³/mol. The number of esters is 1. The van der Waals surface area contributed by atoms with Crippen LogP contribution in [0.1, 0.15) is 37.8 Å². The lowest BCUT2D eigenvalue weighted by Crippen LogP contribution is -2.29. The molecule has 1 aliphatic heterocycles. The average molecular weight is 294 g/mol. The third kappa shape index (κ3) is 3.21. The van der Waals surface area contributed by atoms with Crippen LogP contribution in [0.25, 0.3) is 0 Å². The smallest absolute Gasteiger partial charge is 0.302 e. The molecule has 2 rings (SSSR count). The van der Waals surface area contributed by atoms with Gasteiger partial charge in [0, 0.05) is 12.8 Å². The molecule has 1 unspecified atom stereocenters. The average Bonchev–Trinajstić information content (AvgIpc) is 2.81. The SMILES string of the molecule is CC[C@@]1(c2ccc(C)cc2P)C[C@@H](COC(C)=O)CO1. The molecular weight excluding hydrogens is 271 g/mol. The van der Waals surface area contributed by atoms with Crippen LogP contribution in [0.2, 0.25) is 0 Å². The van der Waals surface area contributed by atoms with Crippen molar-refractivity contribution in [1.82, 2.24) is 0 Å². The van der Waals surface area contributed by atoms with Gasteiger partial charge in [0.05, 0.1) is 18.8 Å². The summed E-state index contributed by atoms with van der Waals surface area (Å²) < 4.78 is 11.3. The highest BCUT2D eigenvalue weighted by atomic mass is 31.0. The van der Waals surface area contributed by atoms with Crippen LogP contribution in [0.15, 0.2) is 18.2 Å². The molecule has 0 N–H and O–H groups in total. The Morgan fingerprint density at radius 3 is 2.90 bits per heavy atom. The molecule has 4 heteroatoms. The monoisotopic (exact) mass is 294 g/mol. The Balaban J connectivity index is 2.17. The first-order chi connectivity index (χ1) is 9.47. The molecule has 1 saturated heterocycles. The summed E-state index contributed by atoms with van der Waals surface area (Å²) in [5.41, 5.74) is 2.25. The van der Waals surface area contributed by atoms with Gasteiger partial charge >= 0.3 is 5.97 Å². The maximum atomic E-state index is 10.9. The summed E-state index contributed by atoms with van der Waals surface area (Å²) >= 11 is 0. The van der Waals surface area contributed by atoms with Gasteiger partial charge in [0.1, 0.15) is 0 Å².